The number of carbonyl (C=O) groups is 1. The van der Waals surface area contributed by atoms with Crippen molar-refractivity contribution >= 4 is 6.09 Å². The maximum Gasteiger partial charge on any atom is 0.407 e. The molecular formula is C13H25NO4. The van der Waals surface area contributed by atoms with E-state index in [1.807, 2.05) is 20.8 Å². The number of hydrogen-bond donors (Lipinski definition) is 2. The van der Waals surface area contributed by atoms with Crippen molar-refractivity contribution in [3.05, 3.63) is 0 Å². The highest BCUT2D eigenvalue weighted by atomic mass is 16.6. The van der Waals surface area contributed by atoms with E-state index in [1.165, 1.54) is 0 Å². The second-order valence-electron chi connectivity index (χ2n) is 6.08. The minimum atomic E-state index is -0.735. The molecule has 1 amide bonds. The standard InChI is InChI=1S/C13H25NO4/c1-12(2,3)18-11(15)14-10-5-7-13(16,8-6-10)9-17-4/h10,16H,5-9H2,1-4H3,(H,14,15). The molecule has 0 bridgehead atoms. The number of nitrogens with one attached hydrogen (secondary N) is 1. The van der Waals surface area contributed by atoms with E-state index in [4.69, 9.17) is 9.47 Å². The summed E-state index contributed by atoms with van der Waals surface area (Å²) in [4.78, 5) is 11.6. The summed E-state index contributed by atoms with van der Waals surface area (Å²) < 4.78 is 10.2. The van der Waals surface area contributed by atoms with Gasteiger partial charge in [-0.3, -0.25) is 0 Å². The molecule has 1 rings (SSSR count). The molecule has 0 heterocycles. The van der Waals surface area contributed by atoms with E-state index in [-0.39, 0.29) is 12.1 Å². The van der Waals surface area contributed by atoms with Crippen LogP contribution in [0.2, 0.25) is 0 Å². The monoisotopic (exact) mass is 259 g/mol. The Morgan fingerprint density at radius 2 is 1.94 bits per heavy atom. The first-order valence-electron chi connectivity index (χ1n) is 6.45. The lowest BCUT2D eigenvalue weighted by atomic mass is 9.83. The summed E-state index contributed by atoms with van der Waals surface area (Å²) in [5.41, 5.74) is -1.21. The zero-order valence-corrected chi connectivity index (χ0v) is 11.8. The molecule has 0 aromatic heterocycles. The van der Waals surface area contributed by atoms with Gasteiger partial charge in [-0.15, -0.1) is 0 Å². The topological polar surface area (TPSA) is 67.8 Å². The number of alkyl carbamates (subject to hydrolysis) is 1. The van der Waals surface area contributed by atoms with Gasteiger partial charge in [-0.05, 0) is 46.5 Å². The number of methoxy groups -OCH3 is 1. The predicted octanol–water partition coefficient (Wildman–Crippen LogP) is 1.83. The fourth-order valence-corrected chi connectivity index (χ4v) is 2.19. The number of rotatable bonds is 3. The smallest absolute Gasteiger partial charge is 0.407 e. The molecule has 1 aliphatic carbocycles. The van der Waals surface area contributed by atoms with Crippen LogP contribution in [0.4, 0.5) is 4.79 Å². The fourth-order valence-electron chi connectivity index (χ4n) is 2.19. The van der Waals surface area contributed by atoms with Gasteiger partial charge in [-0.25, -0.2) is 4.79 Å². The van der Waals surface area contributed by atoms with E-state index in [1.54, 1.807) is 7.11 Å². The molecule has 0 unspecified atom stereocenters. The molecule has 0 spiro atoms. The molecule has 5 nitrogen and oxygen atoms in total. The van der Waals surface area contributed by atoms with Crippen molar-refractivity contribution in [3.63, 3.8) is 0 Å². The molecule has 0 atom stereocenters. The van der Waals surface area contributed by atoms with E-state index < -0.39 is 11.2 Å². The largest absolute Gasteiger partial charge is 0.444 e. The maximum absolute atomic E-state index is 11.6. The molecule has 1 fully saturated rings. The SMILES string of the molecule is COCC1(O)CCC(NC(=O)OC(C)(C)C)CC1. The second-order valence-corrected chi connectivity index (χ2v) is 6.08. The molecule has 5 heteroatoms. The predicted molar refractivity (Wildman–Crippen MR) is 68.5 cm³/mol. The Balaban J connectivity index is 2.33. The van der Waals surface area contributed by atoms with Crippen LogP contribution in [0.3, 0.4) is 0 Å². The van der Waals surface area contributed by atoms with Crippen LogP contribution in [0.15, 0.2) is 0 Å². The van der Waals surface area contributed by atoms with Gasteiger partial charge in [0.25, 0.3) is 0 Å². The van der Waals surface area contributed by atoms with Crippen LogP contribution >= 0.6 is 0 Å². The van der Waals surface area contributed by atoms with Crippen molar-refractivity contribution < 1.29 is 19.4 Å². The van der Waals surface area contributed by atoms with Gasteiger partial charge in [0.05, 0.1) is 12.2 Å². The molecular weight excluding hydrogens is 234 g/mol. The Hall–Kier alpha value is -0.810. The number of amides is 1. The summed E-state index contributed by atoms with van der Waals surface area (Å²) in [5, 5.41) is 13.0. The molecule has 0 radical (unpaired) electrons. The number of aliphatic hydroxyl groups is 1. The normalized spacial score (nSPS) is 28.8. The van der Waals surface area contributed by atoms with Crippen molar-refractivity contribution in [2.24, 2.45) is 0 Å². The van der Waals surface area contributed by atoms with E-state index >= 15 is 0 Å². The average Bonchev–Trinajstić information content (AvgIpc) is 2.19. The Bertz CT molecular complexity index is 277. The molecule has 0 saturated heterocycles. The molecule has 0 aromatic rings. The van der Waals surface area contributed by atoms with Gasteiger partial charge in [-0.1, -0.05) is 0 Å². The molecule has 2 N–H and O–H groups in total. The third-order valence-electron chi connectivity index (χ3n) is 3.05. The highest BCUT2D eigenvalue weighted by molar-refractivity contribution is 5.68. The van der Waals surface area contributed by atoms with Gasteiger partial charge >= 0.3 is 6.09 Å². The van der Waals surface area contributed by atoms with E-state index in [2.05, 4.69) is 5.32 Å². The zero-order chi connectivity index (χ0) is 13.8. The van der Waals surface area contributed by atoms with Crippen LogP contribution in [0.25, 0.3) is 0 Å². The van der Waals surface area contributed by atoms with Crippen LogP contribution in [0.5, 0.6) is 0 Å². The highest BCUT2D eigenvalue weighted by Crippen LogP contribution is 2.28. The summed E-state index contributed by atoms with van der Waals surface area (Å²) in [6, 6.07) is 0.0805. The molecule has 1 aliphatic rings. The Morgan fingerprint density at radius 3 is 2.39 bits per heavy atom. The second kappa shape index (κ2) is 5.89. The number of carbonyl (C=O) groups excluding carboxylic acids is 1. The summed E-state index contributed by atoms with van der Waals surface area (Å²) in [5.74, 6) is 0. The lowest BCUT2D eigenvalue weighted by Crippen LogP contribution is -2.46. The van der Waals surface area contributed by atoms with Gasteiger partial charge in [0.1, 0.15) is 5.60 Å². The molecule has 0 aliphatic heterocycles. The van der Waals surface area contributed by atoms with Gasteiger partial charge in [0, 0.05) is 13.2 Å². The summed E-state index contributed by atoms with van der Waals surface area (Å²) in [6.45, 7) is 5.87. The van der Waals surface area contributed by atoms with Crippen molar-refractivity contribution in [3.8, 4) is 0 Å². The Kier molecular flexibility index (Phi) is 4.99. The minimum Gasteiger partial charge on any atom is -0.444 e. The Morgan fingerprint density at radius 1 is 1.39 bits per heavy atom. The van der Waals surface area contributed by atoms with E-state index in [0.29, 0.717) is 19.4 Å². The van der Waals surface area contributed by atoms with Gasteiger partial charge < -0.3 is 19.9 Å². The van der Waals surface area contributed by atoms with Gasteiger partial charge in [-0.2, -0.15) is 0 Å². The van der Waals surface area contributed by atoms with Crippen molar-refractivity contribution in [1.29, 1.82) is 0 Å². The van der Waals surface area contributed by atoms with Crippen molar-refractivity contribution in [2.45, 2.75) is 63.7 Å². The fraction of sp³-hybridized carbons (Fsp3) is 0.923. The summed E-state index contributed by atoms with van der Waals surface area (Å²) >= 11 is 0. The van der Waals surface area contributed by atoms with Crippen LogP contribution in [0, 0.1) is 0 Å². The first-order valence-corrected chi connectivity index (χ1v) is 6.45. The van der Waals surface area contributed by atoms with E-state index in [9.17, 15) is 9.90 Å². The van der Waals surface area contributed by atoms with Crippen LogP contribution in [0.1, 0.15) is 46.5 Å². The van der Waals surface area contributed by atoms with Crippen LogP contribution < -0.4 is 5.32 Å². The first kappa shape index (κ1) is 15.2. The lowest BCUT2D eigenvalue weighted by molar-refractivity contribution is -0.0606. The van der Waals surface area contributed by atoms with Crippen LogP contribution in [-0.2, 0) is 9.47 Å². The van der Waals surface area contributed by atoms with Gasteiger partial charge in [0.15, 0.2) is 0 Å². The number of hydrogen-bond acceptors (Lipinski definition) is 4. The molecule has 1 saturated carbocycles. The highest BCUT2D eigenvalue weighted by Gasteiger charge is 2.34. The average molecular weight is 259 g/mol. The molecule has 0 aromatic carbocycles. The van der Waals surface area contributed by atoms with Gasteiger partial charge in [0.2, 0.25) is 0 Å². The number of ether oxygens (including phenoxy) is 2. The third kappa shape index (κ3) is 5.23. The molecule has 106 valence electrons. The summed E-state index contributed by atoms with van der Waals surface area (Å²) in [6.07, 6.45) is 2.39. The Labute approximate surface area is 109 Å². The quantitative estimate of drug-likeness (QED) is 0.811. The first-order chi connectivity index (χ1) is 8.24. The van der Waals surface area contributed by atoms with Crippen LogP contribution in [-0.4, -0.2) is 42.2 Å². The molecule has 18 heavy (non-hydrogen) atoms. The summed E-state index contributed by atoms with van der Waals surface area (Å²) in [7, 11) is 1.59. The minimum absolute atomic E-state index is 0.0805. The van der Waals surface area contributed by atoms with Crippen molar-refractivity contribution in [2.75, 3.05) is 13.7 Å². The maximum atomic E-state index is 11.6. The zero-order valence-electron chi connectivity index (χ0n) is 11.8. The third-order valence-corrected chi connectivity index (χ3v) is 3.05. The lowest BCUT2D eigenvalue weighted by Gasteiger charge is -2.35. The van der Waals surface area contributed by atoms with Crippen molar-refractivity contribution in [1.82, 2.24) is 5.32 Å². The van der Waals surface area contributed by atoms with E-state index in [0.717, 1.165) is 12.8 Å².